The smallest absolute Gasteiger partial charge is 0.239 e. The average molecular weight is 222 g/mol. The molecule has 0 heterocycles. The van der Waals surface area contributed by atoms with Gasteiger partial charge in [-0.3, -0.25) is 4.79 Å². The molecule has 0 unspecified atom stereocenters. The molecule has 1 amide bonds. The first kappa shape index (κ1) is 12.7. The van der Waals surface area contributed by atoms with Gasteiger partial charge in [-0.15, -0.1) is 0 Å². The SMILES string of the molecule is COC[C@@H](N)C(=O)NCc1ccc(C)cc1. The van der Waals surface area contributed by atoms with Crippen LogP contribution in [0.15, 0.2) is 24.3 Å². The van der Waals surface area contributed by atoms with Gasteiger partial charge in [-0.1, -0.05) is 29.8 Å². The molecule has 0 aliphatic carbocycles. The van der Waals surface area contributed by atoms with Crippen molar-refractivity contribution in [1.29, 1.82) is 0 Å². The minimum Gasteiger partial charge on any atom is -0.383 e. The number of benzene rings is 1. The summed E-state index contributed by atoms with van der Waals surface area (Å²) in [5, 5.41) is 2.76. The Hall–Kier alpha value is -1.39. The Bertz CT molecular complexity index is 335. The molecule has 4 nitrogen and oxygen atoms in total. The molecule has 0 spiro atoms. The highest BCUT2D eigenvalue weighted by Crippen LogP contribution is 2.02. The van der Waals surface area contributed by atoms with Gasteiger partial charge in [-0.05, 0) is 12.5 Å². The molecule has 3 N–H and O–H groups in total. The fraction of sp³-hybridized carbons (Fsp3) is 0.417. The monoisotopic (exact) mass is 222 g/mol. The van der Waals surface area contributed by atoms with Gasteiger partial charge in [0.25, 0.3) is 0 Å². The molecule has 1 aromatic rings. The van der Waals surface area contributed by atoms with Gasteiger partial charge in [0, 0.05) is 13.7 Å². The number of ether oxygens (including phenoxy) is 1. The molecular weight excluding hydrogens is 204 g/mol. The predicted octanol–water partition coefficient (Wildman–Crippen LogP) is 0.585. The maximum absolute atomic E-state index is 11.5. The number of rotatable bonds is 5. The Kier molecular flexibility index (Phi) is 4.95. The van der Waals surface area contributed by atoms with E-state index in [-0.39, 0.29) is 12.5 Å². The summed E-state index contributed by atoms with van der Waals surface area (Å²) in [5.41, 5.74) is 7.84. The van der Waals surface area contributed by atoms with E-state index in [9.17, 15) is 4.79 Å². The van der Waals surface area contributed by atoms with Crippen molar-refractivity contribution in [2.24, 2.45) is 5.73 Å². The third-order valence-electron chi connectivity index (χ3n) is 2.27. The van der Waals surface area contributed by atoms with E-state index in [2.05, 4.69) is 5.32 Å². The molecule has 0 saturated heterocycles. The topological polar surface area (TPSA) is 64.3 Å². The summed E-state index contributed by atoms with van der Waals surface area (Å²) in [6.45, 7) is 2.76. The third-order valence-corrected chi connectivity index (χ3v) is 2.27. The lowest BCUT2D eigenvalue weighted by Gasteiger charge is -2.11. The molecule has 0 bridgehead atoms. The Morgan fingerprint density at radius 2 is 2.06 bits per heavy atom. The van der Waals surface area contributed by atoms with Crippen molar-refractivity contribution in [2.75, 3.05) is 13.7 Å². The standard InChI is InChI=1S/C12H18N2O2/c1-9-3-5-10(6-4-9)7-14-12(15)11(13)8-16-2/h3-6,11H,7-8,13H2,1-2H3,(H,14,15)/t11-/m1/s1. The van der Waals surface area contributed by atoms with Crippen LogP contribution in [0.3, 0.4) is 0 Å². The zero-order chi connectivity index (χ0) is 12.0. The summed E-state index contributed by atoms with van der Waals surface area (Å²) >= 11 is 0. The Balaban J connectivity index is 2.39. The lowest BCUT2D eigenvalue weighted by molar-refractivity contribution is -0.123. The van der Waals surface area contributed by atoms with Gasteiger partial charge in [0.1, 0.15) is 6.04 Å². The van der Waals surface area contributed by atoms with Gasteiger partial charge in [-0.25, -0.2) is 0 Å². The van der Waals surface area contributed by atoms with E-state index in [0.29, 0.717) is 6.54 Å². The van der Waals surface area contributed by atoms with Crippen molar-refractivity contribution in [3.8, 4) is 0 Å². The molecule has 1 atom stereocenters. The van der Waals surface area contributed by atoms with E-state index in [1.54, 1.807) is 0 Å². The van der Waals surface area contributed by atoms with Crippen molar-refractivity contribution in [2.45, 2.75) is 19.5 Å². The summed E-state index contributed by atoms with van der Waals surface area (Å²) in [4.78, 5) is 11.5. The van der Waals surface area contributed by atoms with Crippen molar-refractivity contribution >= 4 is 5.91 Å². The van der Waals surface area contributed by atoms with Crippen LogP contribution in [0.4, 0.5) is 0 Å². The van der Waals surface area contributed by atoms with Crippen LogP contribution in [0.2, 0.25) is 0 Å². The second kappa shape index (κ2) is 6.25. The second-order valence-electron chi connectivity index (χ2n) is 3.77. The number of amides is 1. The summed E-state index contributed by atoms with van der Waals surface area (Å²) in [7, 11) is 1.52. The van der Waals surface area contributed by atoms with E-state index in [1.165, 1.54) is 12.7 Å². The molecular formula is C12H18N2O2. The van der Waals surface area contributed by atoms with Crippen molar-refractivity contribution in [1.82, 2.24) is 5.32 Å². The van der Waals surface area contributed by atoms with Crippen LogP contribution in [-0.2, 0) is 16.1 Å². The molecule has 0 fully saturated rings. The fourth-order valence-corrected chi connectivity index (χ4v) is 1.28. The van der Waals surface area contributed by atoms with Crippen molar-refractivity contribution in [3.05, 3.63) is 35.4 Å². The highest BCUT2D eigenvalue weighted by molar-refractivity contribution is 5.81. The van der Waals surface area contributed by atoms with Gasteiger partial charge in [0.2, 0.25) is 5.91 Å². The normalized spacial score (nSPS) is 12.2. The summed E-state index contributed by atoms with van der Waals surface area (Å²) in [6.07, 6.45) is 0. The van der Waals surface area contributed by atoms with Gasteiger partial charge in [-0.2, -0.15) is 0 Å². The van der Waals surface area contributed by atoms with Gasteiger partial charge < -0.3 is 15.8 Å². The zero-order valence-electron chi connectivity index (χ0n) is 9.69. The van der Waals surface area contributed by atoms with Crippen LogP contribution in [0.5, 0.6) is 0 Å². The number of nitrogens with two attached hydrogens (primary N) is 1. The number of carbonyl (C=O) groups is 1. The second-order valence-corrected chi connectivity index (χ2v) is 3.77. The van der Waals surface area contributed by atoms with Crippen LogP contribution in [0.25, 0.3) is 0 Å². The van der Waals surface area contributed by atoms with E-state index in [1.807, 2.05) is 31.2 Å². The van der Waals surface area contributed by atoms with Crippen LogP contribution < -0.4 is 11.1 Å². The van der Waals surface area contributed by atoms with Crippen LogP contribution in [0.1, 0.15) is 11.1 Å². The van der Waals surface area contributed by atoms with E-state index >= 15 is 0 Å². The first-order chi connectivity index (χ1) is 7.63. The predicted molar refractivity (Wildman–Crippen MR) is 62.9 cm³/mol. The van der Waals surface area contributed by atoms with E-state index in [0.717, 1.165) is 5.56 Å². The maximum atomic E-state index is 11.5. The average Bonchev–Trinajstić information content (AvgIpc) is 2.28. The lowest BCUT2D eigenvalue weighted by Crippen LogP contribution is -2.43. The van der Waals surface area contributed by atoms with E-state index in [4.69, 9.17) is 10.5 Å². The summed E-state index contributed by atoms with van der Waals surface area (Å²) in [5.74, 6) is -0.192. The minimum absolute atomic E-state index is 0.192. The number of methoxy groups -OCH3 is 1. The van der Waals surface area contributed by atoms with Crippen molar-refractivity contribution < 1.29 is 9.53 Å². The Labute approximate surface area is 95.8 Å². The number of aryl methyl sites for hydroxylation is 1. The molecule has 88 valence electrons. The van der Waals surface area contributed by atoms with Gasteiger partial charge in [0.15, 0.2) is 0 Å². The first-order valence-corrected chi connectivity index (χ1v) is 5.21. The summed E-state index contributed by atoms with van der Waals surface area (Å²) < 4.78 is 4.81. The van der Waals surface area contributed by atoms with Crippen LogP contribution in [-0.4, -0.2) is 25.7 Å². The first-order valence-electron chi connectivity index (χ1n) is 5.21. The zero-order valence-corrected chi connectivity index (χ0v) is 9.69. The molecule has 0 aliphatic rings. The summed E-state index contributed by atoms with van der Waals surface area (Å²) in [6, 6.07) is 7.39. The highest BCUT2D eigenvalue weighted by Gasteiger charge is 2.11. The minimum atomic E-state index is -0.601. The molecule has 0 saturated carbocycles. The van der Waals surface area contributed by atoms with Crippen molar-refractivity contribution in [3.63, 3.8) is 0 Å². The Morgan fingerprint density at radius 3 is 2.62 bits per heavy atom. The fourth-order valence-electron chi connectivity index (χ4n) is 1.28. The molecule has 0 aliphatic heterocycles. The molecule has 0 radical (unpaired) electrons. The Morgan fingerprint density at radius 1 is 1.44 bits per heavy atom. The highest BCUT2D eigenvalue weighted by atomic mass is 16.5. The number of hydrogen-bond acceptors (Lipinski definition) is 3. The quantitative estimate of drug-likeness (QED) is 0.766. The molecule has 1 rings (SSSR count). The van der Waals surface area contributed by atoms with Crippen LogP contribution >= 0.6 is 0 Å². The maximum Gasteiger partial charge on any atom is 0.239 e. The van der Waals surface area contributed by atoms with Gasteiger partial charge in [0.05, 0.1) is 6.61 Å². The number of nitrogens with one attached hydrogen (secondary N) is 1. The molecule has 1 aromatic carbocycles. The number of hydrogen-bond donors (Lipinski definition) is 2. The number of carbonyl (C=O) groups excluding carboxylic acids is 1. The molecule has 16 heavy (non-hydrogen) atoms. The third kappa shape index (κ3) is 4.00. The van der Waals surface area contributed by atoms with Gasteiger partial charge >= 0.3 is 0 Å². The molecule has 0 aromatic heterocycles. The van der Waals surface area contributed by atoms with E-state index < -0.39 is 6.04 Å². The molecule has 4 heteroatoms. The van der Waals surface area contributed by atoms with Crippen LogP contribution in [0, 0.1) is 6.92 Å². The lowest BCUT2D eigenvalue weighted by atomic mass is 10.1. The largest absolute Gasteiger partial charge is 0.383 e.